The summed E-state index contributed by atoms with van der Waals surface area (Å²) >= 11 is 0. The Morgan fingerprint density at radius 1 is 1.56 bits per heavy atom. The molecule has 0 aromatic rings. The third-order valence-corrected chi connectivity index (χ3v) is 2.73. The third-order valence-electron chi connectivity index (χ3n) is 2.73. The lowest BCUT2D eigenvalue weighted by molar-refractivity contribution is -0.141. The van der Waals surface area contributed by atoms with Crippen LogP contribution in [0, 0.1) is 0 Å². The summed E-state index contributed by atoms with van der Waals surface area (Å²) in [7, 11) is 0. The zero-order valence-electron chi connectivity index (χ0n) is 10.2. The molecule has 18 heavy (non-hydrogen) atoms. The average molecular weight is 269 g/mol. The van der Waals surface area contributed by atoms with Crippen LogP contribution in [-0.2, 0) is 9.53 Å². The van der Waals surface area contributed by atoms with Crippen molar-refractivity contribution in [3.8, 4) is 0 Å². The zero-order chi connectivity index (χ0) is 13.8. The highest BCUT2D eigenvalue weighted by Crippen LogP contribution is 2.13. The second kappa shape index (κ2) is 6.35. The normalized spacial score (nSPS) is 26.1. The molecule has 0 aromatic carbocycles. The van der Waals surface area contributed by atoms with Crippen LogP contribution >= 0.6 is 0 Å². The molecule has 1 heterocycles. The molecule has 0 aliphatic carbocycles. The van der Waals surface area contributed by atoms with Crippen molar-refractivity contribution in [2.75, 3.05) is 32.8 Å². The number of hydrogen-bond donors (Lipinski definition) is 2. The Morgan fingerprint density at radius 2 is 2.22 bits per heavy atom. The van der Waals surface area contributed by atoms with E-state index in [0.717, 1.165) is 0 Å². The smallest absolute Gasteiger partial charge is 0.374 e. The number of amides is 1. The van der Waals surface area contributed by atoms with E-state index in [4.69, 9.17) is 10.5 Å². The number of nitrogens with one attached hydrogen (secondary N) is 1. The SMILES string of the molecule is CC1COC(CN)CN1CC(=O)NCC(F)(F)F. The monoisotopic (exact) mass is 269 g/mol. The Morgan fingerprint density at radius 3 is 2.78 bits per heavy atom. The second-order valence-electron chi connectivity index (χ2n) is 4.36. The van der Waals surface area contributed by atoms with E-state index in [-0.39, 0.29) is 18.7 Å². The lowest BCUT2D eigenvalue weighted by Crippen LogP contribution is -2.53. The molecule has 106 valence electrons. The molecule has 1 aliphatic rings. The molecule has 0 radical (unpaired) electrons. The van der Waals surface area contributed by atoms with Gasteiger partial charge in [-0.25, -0.2) is 0 Å². The van der Waals surface area contributed by atoms with Crippen molar-refractivity contribution < 1.29 is 22.7 Å². The van der Waals surface area contributed by atoms with Gasteiger partial charge in [-0.3, -0.25) is 9.69 Å². The van der Waals surface area contributed by atoms with E-state index in [0.29, 0.717) is 19.7 Å². The van der Waals surface area contributed by atoms with Crippen LogP contribution in [0.5, 0.6) is 0 Å². The minimum atomic E-state index is -4.38. The summed E-state index contributed by atoms with van der Waals surface area (Å²) in [6, 6.07) is -0.00978. The molecular weight excluding hydrogens is 251 g/mol. The molecule has 0 bridgehead atoms. The summed E-state index contributed by atoms with van der Waals surface area (Å²) in [5.41, 5.74) is 5.46. The van der Waals surface area contributed by atoms with Crippen molar-refractivity contribution >= 4 is 5.91 Å². The van der Waals surface area contributed by atoms with Crippen LogP contribution in [0.1, 0.15) is 6.92 Å². The maximum Gasteiger partial charge on any atom is 0.405 e. The molecule has 3 N–H and O–H groups in total. The Bertz CT molecular complexity index is 286. The first-order valence-corrected chi connectivity index (χ1v) is 5.71. The fourth-order valence-electron chi connectivity index (χ4n) is 1.68. The van der Waals surface area contributed by atoms with Gasteiger partial charge in [0.2, 0.25) is 5.91 Å². The summed E-state index contributed by atoms with van der Waals surface area (Å²) in [6.45, 7) is 1.69. The van der Waals surface area contributed by atoms with E-state index in [1.54, 1.807) is 4.90 Å². The van der Waals surface area contributed by atoms with Crippen LogP contribution < -0.4 is 11.1 Å². The lowest BCUT2D eigenvalue weighted by atomic mass is 10.2. The molecular formula is C10H18F3N3O2. The molecule has 0 aromatic heterocycles. The van der Waals surface area contributed by atoms with Gasteiger partial charge in [0.25, 0.3) is 0 Å². The van der Waals surface area contributed by atoms with Crippen molar-refractivity contribution in [2.24, 2.45) is 5.73 Å². The fourth-order valence-corrected chi connectivity index (χ4v) is 1.68. The number of hydrogen-bond acceptors (Lipinski definition) is 4. The summed E-state index contributed by atoms with van der Waals surface area (Å²) < 4.78 is 41.2. The molecule has 1 fully saturated rings. The molecule has 0 saturated carbocycles. The van der Waals surface area contributed by atoms with Gasteiger partial charge in [0.1, 0.15) is 6.54 Å². The number of carbonyl (C=O) groups excluding carboxylic acids is 1. The number of nitrogens with zero attached hydrogens (tertiary/aromatic N) is 1. The van der Waals surface area contributed by atoms with Crippen LogP contribution in [-0.4, -0.2) is 61.9 Å². The minimum Gasteiger partial charge on any atom is -0.374 e. The van der Waals surface area contributed by atoms with E-state index in [1.807, 2.05) is 12.2 Å². The third kappa shape index (κ3) is 5.19. The van der Waals surface area contributed by atoms with Crippen LogP contribution in [0.2, 0.25) is 0 Å². The Labute approximate surface area is 103 Å². The number of nitrogens with two attached hydrogens (primary N) is 1. The minimum absolute atomic E-state index is 0.00978. The standard InChI is InChI=1S/C10H18F3N3O2/c1-7-5-18-8(2-14)3-16(7)4-9(17)15-6-10(11,12)13/h7-8H,2-6,14H2,1H3,(H,15,17). The predicted octanol–water partition coefficient (Wildman–Crippen LogP) is -0.287. The predicted molar refractivity (Wildman–Crippen MR) is 58.9 cm³/mol. The van der Waals surface area contributed by atoms with Gasteiger partial charge < -0.3 is 15.8 Å². The summed E-state index contributed by atoms with van der Waals surface area (Å²) in [4.78, 5) is 13.1. The molecule has 2 atom stereocenters. The van der Waals surface area contributed by atoms with Crippen molar-refractivity contribution in [3.63, 3.8) is 0 Å². The topological polar surface area (TPSA) is 67.6 Å². The lowest BCUT2D eigenvalue weighted by Gasteiger charge is -2.37. The van der Waals surface area contributed by atoms with Crippen LogP contribution in [0.3, 0.4) is 0 Å². The molecule has 8 heteroatoms. The Kier molecular flexibility index (Phi) is 5.36. The number of ether oxygens (including phenoxy) is 1. The summed E-state index contributed by atoms with van der Waals surface area (Å²) in [5.74, 6) is -0.642. The summed E-state index contributed by atoms with van der Waals surface area (Å²) in [5, 5.41) is 1.85. The largest absolute Gasteiger partial charge is 0.405 e. The molecule has 5 nitrogen and oxygen atoms in total. The molecule has 1 aliphatic heterocycles. The fraction of sp³-hybridized carbons (Fsp3) is 0.900. The molecule has 0 spiro atoms. The highest BCUT2D eigenvalue weighted by molar-refractivity contribution is 5.78. The first kappa shape index (κ1) is 15.2. The first-order chi connectivity index (χ1) is 8.31. The van der Waals surface area contributed by atoms with E-state index in [2.05, 4.69) is 0 Å². The van der Waals surface area contributed by atoms with Crippen molar-refractivity contribution in [1.82, 2.24) is 10.2 Å². The second-order valence-corrected chi connectivity index (χ2v) is 4.36. The van der Waals surface area contributed by atoms with Gasteiger partial charge in [0, 0.05) is 19.1 Å². The van der Waals surface area contributed by atoms with E-state index in [1.165, 1.54) is 0 Å². The van der Waals surface area contributed by atoms with E-state index in [9.17, 15) is 18.0 Å². The average Bonchev–Trinajstić information content (AvgIpc) is 2.28. The van der Waals surface area contributed by atoms with Gasteiger partial charge in [0.05, 0.1) is 19.3 Å². The maximum atomic E-state index is 11.9. The van der Waals surface area contributed by atoms with Crippen molar-refractivity contribution in [2.45, 2.75) is 25.2 Å². The molecule has 1 saturated heterocycles. The molecule has 1 amide bonds. The van der Waals surface area contributed by atoms with Crippen LogP contribution in [0.25, 0.3) is 0 Å². The van der Waals surface area contributed by atoms with E-state index >= 15 is 0 Å². The van der Waals surface area contributed by atoms with E-state index < -0.39 is 18.6 Å². The summed E-state index contributed by atoms with van der Waals surface area (Å²) in [6.07, 6.45) is -4.55. The van der Waals surface area contributed by atoms with Gasteiger partial charge in [-0.05, 0) is 6.92 Å². The Hall–Kier alpha value is -0.860. The van der Waals surface area contributed by atoms with Gasteiger partial charge in [0.15, 0.2) is 0 Å². The molecule has 2 unspecified atom stereocenters. The Balaban J connectivity index is 2.37. The van der Waals surface area contributed by atoms with Gasteiger partial charge in [-0.2, -0.15) is 13.2 Å². The van der Waals surface area contributed by atoms with Crippen LogP contribution in [0.15, 0.2) is 0 Å². The molecule has 1 rings (SSSR count). The first-order valence-electron chi connectivity index (χ1n) is 5.71. The van der Waals surface area contributed by atoms with Crippen molar-refractivity contribution in [3.05, 3.63) is 0 Å². The highest BCUT2D eigenvalue weighted by Gasteiger charge is 2.30. The maximum absolute atomic E-state index is 11.9. The van der Waals surface area contributed by atoms with Crippen molar-refractivity contribution in [1.29, 1.82) is 0 Å². The number of morpholine rings is 1. The number of halogens is 3. The zero-order valence-corrected chi connectivity index (χ0v) is 10.2. The number of rotatable bonds is 4. The van der Waals surface area contributed by atoms with Gasteiger partial charge in [-0.1, -0.05) is 0 Å². The number of carbonyl (C=O) groups is 1. The quantitative estimate of drug-likeness (QED) is 0.736. The van der Waals surface area contributed by atoms with Gasteiger partial charge >= 0.3 is 6.18 Å². The highest BCUT2D eigenvalue weighted by atomic mass is 19.4. The number of alkyl halides is 3. The van der Waals surface area contributed by atoms with Gasteiger partial charge in [-0.15, -0.1) is 0 Å². The van der Waals surface area contributed by atoms with Crippen LogP contribution in [0.4, 0.5) is 13.2 Å².